The number of rotatable bonds is 12. The first-order chi connectivity index (χ1) is 19.6. The minimum absolute atomic E-state index is 0.0171. The largest absolute Gasteiger partial charge is 0.465 e. The maximum absolute atomic E-state index is 13.7. The molecule has 0 radical (unpaired) electrons. The van der Waals surface area contributed by atoms with Crippen LogP contribution >= 0.6 is 0 Å². The molecule has 0 bridgehead atoms. The Bertz CT molecular complexity index is 1400. The summed E-state index contributed by atoms with van der Waals surface area (Å²) < 4.78 is 34.4. The normalized spacial score (nSPS) is 18.0. The summed E-state index contributed by atoms with van der Waals surface area (Å²) in [5.74, 6) is -1.71. The summed E-state index contributed by atoms with van der Waals surface area (Å²) in [7, 11) is -4.21. The molecule has 1 heterocycles. The van der Waals surface area contributed by atoms with Crippen molar-refractivity contribution in [2.75, 3.05) is 32.8 Å². The number of benzene rings is 2. The summed E-state index contributed by atoms with van der Waals surface area (Å²) in [4.78, 5) is 42.0. The van der Waals surface area contributed by atoms with Crippen LogP contribution in [0.25, 0.3) is 10.8 Å². The number of carbonyl (C=O) groups is 3. The van der Waals surface area contributed by atoms with Crippen molar-refractivity contribution in [3.05, 3.63) is 42.5 Å². The number of hydrogen-bond acceptors (Lipinski definition) is 7. The third-order valence-corrected chi connectivity index (χ3v) is 8.81. The Labute approximate surface area is 240 Å². The zero-order chi connectivity index (χ0) is 29.6. The maximum atomic E-state index is 13.7. The summed E-state index contributed by atoms with van der Waals surface area (Å²) >= 11 is 0. The lowest BCUT2D eigenvalue weighted by Crippen LogP contribution is -2.52. The van der Waals surface area contributed by atoms with Crippen molar-refractivity contribution in [1.82, 2.24) is 19.8 Å². The molecule has 12 nitrogen and oxygen atoms in total. The van der Waals surface area contributed by atoms with Gasteiger partial charge in [-0.15, -0.1) is 0 Å². The fraction of sp³-hybridized carbons (Fsp3) is 0.500. The van der Waals surface area contributed by atoms with E-state index in [1.165, 1.54) is 17.0 Å². The standard InChI is InChI=1S/C28H38N6O6S/c1-2-40-26(36)18-34(22-10-11-22)27(37)24(15-25(35)31-16-19-6-5-13-33(17-19)28(29)30)32-41(38,39)23-12-9-20-7-3-4-8-21(20)14-23/h3-4,7-9,12,14,19,22,24,32H,2,5-6,10-11,13,15-18H2,1H3,(H3,29,30)(H,31,35)/t19-,24+/m1/s1. The van der Waals surface area contributed by atoms with Crippen molar-refractivity contribution in [1.29, 1.82) is 5.41 Å². The van der Waals surface area contributed by atoms with E-state index in [9.17, 15) is 22.8 Å². The van der Waals surface area contributed by atoms with Gasteiger partial charge in [-0.3, -0.25) is 19.8 Å². The number of ether oxygens (including phenoxy) is 1. The topological polar surface area (TPSA) is 175 Å². The molecule has 0 unspecified atom stereocenters. The van der Waals surface area contributed by atoms with E-state index < -0.39 is 40.3 Å². The van der Waals surface area contributed by atoms with Crippen molar-refractivity contribution in [2.24, 2.45) is 11.7 Å². The molecule has 0 spiro atoms. The molecule has 2 aromatic carbocycles. The minimum Gasteiger partial charge on any atom is -0.465 e. The molecule has 1 saturated heterocycles. The Hall–Kier alpha value is -3.71. The average molecular weight is 587 g/mol. The Balaban J connectivity index is 1.51. The van der Waals surface area contributed by atoms with Gasteiger partial charge in [0.1, 0.15) is 12.6 Å². The lowest BCUT2D eigenvalue weighted by molar-refractivity contribution is -0.150. The van der Waals surface area contributed by atoms with Crippen LogP contribution in [0.15, 0.2) is 47.4 Å². The van der Waals surface area contributed by atoms with E-state index in [2.05, 4.69) is 10.0 Å². The van der Waals surface area contributed by atoms with Crippen molar-refractivity contribution >= 4 is 44.5 Å². The average Bonchev–Trinajstić information content (AvgIpc) is 3.79. The summed E-state index contributed by atoms with van der Waals surface area (Å²) in [6.45, 7) is 3.00. The van der Waals surface area contributed by atoms with E-state index in [0.29, 0.717) is 37.9 Å². The number of hydrogen-bond donors (Lipinski definition) is 4. The Kier molecular flexibility index (Phi) is 9.81. The SMILES string of the molecule is CCOC(=O)CN(C(=O)[C@H](CC(=O)NC[C@H]1CCCN(C(=N)N)C1)NS(=O)(=O)c1ccc2ccccc2c1)C1CC1. The van der Waals surface area contributed by atoms with E-state index in [0.717, 1.165) is 18.2 Å². The number of esters is 1. The Morgan fingerprint density at radius 3 is 2.56 bits per heavy atom. The molecule has 2 aromatic rings. The van der Waals surface area contributed by atoms with Gasteiger partial charge in [-0.1, -0.05) is 30.3 Å². The highest BCUT2D eigenvalue weighted by Gasteiger charge is 2.39. The number of nitrogens with one attached hydrogen (secondary N) is 3. The number of fused-ring (bicyclic) bond motifs is 1. The van der Waals surface area contributed by atoms with Gasteiger partial charge in [0.05, 0.1) is 17.9 Å². The molecular formula is C28H38N6O6S. The number of piperidine rings is 1. The second-order valence-electron chi connectivity index (χ2n) is 10.5. The van der Waals surface area contributed by atoms with Crippen LogP contribution in [0.5, 0.6) is 0 Å². The van der Waals surface area contributed by atoms with Gasteiger partial charge in [-0.25, -0.2) is 8.42 Å². The number of likely N-dealkylation sites (tertiary alicyclic amines) is 1. The number of sulfonamides is 1. The van der Waals surface area contributed by atoms with E-state index in [1.54, 1.807) is 30.0 Å². The van der Waals surface area contributed by atoms with Gasteiger partial charge in [0.2, 0.25) is 21.8 Å². The van der Waals surface area contributed by atoms with Gasteiger partial charge in [-0.2, -0.15) is 4.72 Å². The van der Waals surface area contributed by atoms with Crippen molar-refractivity contribution in [2.45, 2.75) is 56.0 Å². The van der Waals surface area contributed by atoms with Crippen LogP contribution in [-0.4, -0.2) is 86.8 Å². The lowest BCUT2D eigenvalue weighted by atomic mass is 9.98. The second kappa shape index (κ2) is 13.3. The van der Waals surface area contributed by atoms with Crippen LogP contribution in [0.4, 0.5) is 0 Å². The Morgan fingerprint density at radius 1 is 1.15 bits per heavy atom. The van der Waals surface area contributed by atoms with Gasteiger partial charge >= 0.3 is 5.97 Å². The van der Waals surface area contributed by atoms with Crippen LogP contribution in [-0.2, 0) is 29.1 Å². The van der Waals surface area contributed by atoms with E-state index >= 15 is 0 Å². The van der Waals surface area contributed by atoms with Gasteiger partial charge < -0.3 is 25.6 Å². The number of guanidine groups is 1. The number of amides is 2. The minimum atomic E-state index is -4.21. The number of carbonyl (C=O) groups excluding carboxylic acids is 3. The van der Waals surface area contributed by atoms with Crippen molar-refractivity contribution < 1.29 is 27.5 Å². The van der Waals surface area contributed by atoms with E-state index in [1.807, 2.05) is 12.1 Å². The first kappa shape index (κ1) is 30.3. The number of nitrogens with zero attached hydrogens (tertiary/aromatic N) is 2. The lowest BCUT2D eigenvalue weighted by Gasteiger charge is -2.33. The molecule has 2 aliphatic rings. The molecule has 222 valence electrons. The molecule has 1 aliphatic carbocycles. The fourth-order valence-corrected chi connectivity index (χ4v) is 6.28. The first-order valence-electron chi connectivity index (χ1n) is 13.9. The van der Waals surface area contributed by atoms with Crippen LogP contribution in [0.1, 0.15) is 39.0 Å². The highest BCUT2D eigenvalue weighted by Crippen LogP contribution is 2.28. The third kappa shape index (κ3) is 8.17. The highest BCUT2D eigenvalue weighted by atomic mass is 32.2. The first-order valence-corrected chi connectivity index (χ1v) is 15.4. The van der Waals surface area contributed by atoms with Crippen LogP contribution in [0.2, 0.25) is 0 Å². The molecule has 2 amide bonds. The molecule has 2 fully saturated rings. The van der Waals surface area contributed by atoms with Crippen molar-refractivity contribution in [3.8, 4) is 0 Å². The van der Waals surface area contributed by atoms with Gasteiger partial charge in [0.25, 0.3) is 0 Å². The quantitative estimate of drug-likeness (QED) is 0.163. The third-order valence-electron chi connectivity index (χ3n) is 7.34. The number of nitrogens with two attached hydrogens (primary N) is 1. The fourth-order valence-electron chi connectivity index (χ4n) is 5.05. The molecule has 0 aromatic heterocycles. The second-order valence-corrected chi connectivity index (χ2v) is 12.2. The Morgan fingerprint density at radius 2 is 1.88 bits per heavy atom. The zero-order valence-electron chi connectivity index (χ0n) is 23.2. The molecule has 1 saturated carbocycles. The summed E-state index contributed by atoms with van der Waals surface area (Å²) in [5.41, 5.74) is 5.61. The summed E-state index contributed by atoms with van der Waals surface area (Å²) in [6.07, 6.45) is 2.58. The van der Waals surface area contributed by atoms with Crippen LogP contribution in [0.3, 0.4) is 0 Å². The highest BCUT2D eigenvalue weighted by molar-refractivity contribution is 7.89. The van der Waals surface area contributed by atoms with E-state index in [4.69, 9.17) is 15.9 Å². The van der Waals surface area contributed by atoms with E-state index in [-0.39, 0.29) is 36.0 Å². The molecule has 5 N–H and O–H groups in total. The monoisotopic (exact) mass is 586 g/mol. The summed E-state index contributed by atoms with van der Waals surface area (Å²) in [5, 5.41) is 12.1. The zero-order valence-corrected chi connectivity index (χ0v) is 24.0. The summed E-state index contributed by atoms with van der Waals surface area (Å²) in [6, 6.07) is 10.3. The molecule has 2 atom stereocenters. The van der Waals surface area contributed by atoms with Gasteiger partial charge in [0.15, 0.2) is 5.96 Å². The predicted octanol–water partition coefficient (Wildman–Crippen LogP) is 1.15. The molecule has 1 aliphatic heterocycles. The van der Waals surface area contributed by atoms with Crippen LogP contribution in [0, 0.1) is 11.3 Å². The van der Waals surface area contributed by atoms with Crippen molar-refractivity contribution in [3.63, 3.8) is 0 Å². The molecule has 41 heavy (non-hydrogen) atoms. The molecule has 13 heteroatoms. The molecule has 4 rings (SSSR count). The van der Waals surface area contributed by atoms with Crippen LogP contribution < -0.4 is 15.8 Å². The predicted molar refractivity (Wildman–Crippen MR) is 153 cm³/mol. The van der Waals surface area contributed by atoms with Gasteiger partial charge in [-0.05, 0) is 61.4 Å². The smallest absolute Gasteiger partial charge is 0.325 e. The van der Waals surface area contributed by atoms with Gasteiger partial charge in [0, 0.05) is 25.7 Å². The maximum Gasteiger partial charge on any atom is 0.325 e. The molecular weight excluding hydrogens is 548 g/mol.